The first-order valence-electron chi connectivity index (χ1n) is 5.65. The molecular weight excluding hydrogens is 216 g/mol. The van der Waals surface area contributed by atoms with E-state index in [4.69, 9.17) is 10.5 Å². The molecule has 90 valence electrons. The van der Waals surface area contributed by atoms with Gasteiger partial charge in [0.15, 0.2) is 0 Å². The predicted molar refractivity (Wildman–Crippen MR) is 68.5 cm³/mol. The van der Waals surface area contributed by atoms with Crippen LogP contribution in [0.2, 0.25) is 0 Å². The zero-order valence-electron chi connectivity index (χ0n) is 9.82. The van der Waals surface area contributed by atoms with Crippen molar-refractivity contribution in [1.82, 2.24) is 4.98 Å². The minimum atomic E-state index is -0.0598. The average Bonchev–Trinajstić information content (AvgIpc) is 2.35. The first-order valence-corrected chi connectivity index (χ1v) is 5.65. The number of methoxy groups -OCH3 is 1. The van der Waals surface area contributed by atoms with E-state index in [0.717, 1.165) is 22.9 Å². The van der Waals surface area contributed by atoms with Gasteiger partial charge in [-0.25, -0.2) is 0 Å². The molecule has 3 N–H and O–H groups in total. The Morgan fingerprint density at radius 1 is 1.41 bits per heavy atom. The largest absolute Gasteiger partial charge is 0.495 e. The number of hydrogen-bond acceptors (Lipinski definition) is 3. The number of hydrogen-bond donors (Lipinski definition) is 2. The van der Waals surface area contributed by atoms with Gasteiger partial charge in [-0.2, -0.15) is 0 Å². The van der Waals surface area contributed by atoms with Gasteiger partial charge in [-0.15, -0.1) is 0 Å². The molecule has 4 heteroatoms. The van der Waals surface area contributed by atoms with Gasteiger partial charge in [-0.1, -0.05) is 12.1 Å². The highest BCUT2D eigenvalue weighted by atomic mass is 16.5. The standard InChI is InChI=1S/C13H16N2O2/c1-17-11-6-2-4-9-8-10(5-3-7-14)13(16)15-12(9)11/h2,4,6,8H,3,5,7,14H2,1H3,(H,15,16). The van der Waals surface area contributed by atoms with Gasteiger partial charge in [0.25, 0.3) is 5.56 Å². The molecule has 0 amide bonds. The van der Waals surface area contributed by atoms with Gasteiger partial charge < -0.3 is 15.5 Å². The summed E-state index contributed by atoms with van der Waals surface area (Å²) in [5.74, 6) is 0.685. The Balaban J connectivity index is 2.54. The summed E-state index contributed by atoms with van der Waals surface area (Å²) < 4.78 is 5.21. The number of rotatable bonds is 4. The van der Waals surface area contributed by atoms with Crippen LogP contribution in [0.1, 0.15) is 12.0 Å². The highest BCUT2D eigenvalue weighted by molar-refractivity contribution is 5.84. The number of aryl methyl sites for hydroxylation is 1. The number of H-pyrrole nitrogens is 1. The number of nitrogens with two attached hydrogens (primary N) is 1. The van der Waals surface area contributed by atoms with Crippen molar-refractivity contribution in [2.45, 2.75) is 12.8 Å². The second kappa shape index (κ2) is 5.01. The van der Waals surface area contributed by atoms with Gasteiger partial charge in [0.05, 0.1) is 12.6 Å². The third kappa shape index (κ3) is 2.31. The van der Waals surface area contributed by atoms with Gasteiger partial charge in [0, 0.05) is 10.9 Å². The molecule has 0 unspecified atom stereocenters. The Bertz CT molecular complexity index is 575. The lowest BCUT2D eigenvalue weighted by Crippen LogP contribution is -2.14. The summed E-state index contributed by atoms with van der Waals surface area (Å²) in [6, 6.07) is 7.61. The van der Waals surface area contributed by atoms with Crippen molar-refractivity contribution in [1.29, 1.82) is 0 Å². The quantitative estimate of drug-likeness (QED) is 0.837. The molecule has 4 nitrogen and oxygen atoms in total. The molecule has 1 aromatic carbocycles. The molecule has 1 heterocycles. The molecule has 0 bridgehead atoms. The maximum Gasteiger partial charge on any atom is 0.251 e. The first-order chi connectivity index (χ1) is 8.26. The van der Waals surface area contributed by atoms with Gasteiger partial charge in [-0.3, -0.25) is 4.79 Å². The van der Waals surface area contributed by atoms with Crippen molar-refractivity contribution in [3.63, 3.8) is 0 Å². The number of ether oxygens (including phenoxy) is 1. The lowest BCUT2D eigenvalue weighted by atomic mass is 10.1. The van der Waals surface area contributed by atoms with Crippen LogP contribution in [0.15, 0.2) is 29.1 Å². The molecular formula is C13H16N2O2. The number of para-hydroxylation sites is 1. The second-order valence-electron chi connectivity index (χ2n) is 3.94. The number of fused-ring (bicyclic) bond motifs is 1. The van der Waals surface area contributed by atoms with Gasteiger partial charge in [-0.05, 0) is 31.5 Å². The summed E-state index contributed by atoms with van der Waals surface area (Å²) in [6.45, 7) is 0.593. The molecule has 0 fully saturated rings. The van der Waals surface area contributed by atoms with E-state index in [-0.39, 0.29) is 5.56 Å². The van der Waals surface area contributed by atoms with Gasteiger partial charge in [0.1, 0.15) is 5.75 Å². The smallest absolute Gasteiger partial charge is 0.251 e. The fourth-order valence-electron chi connectivity index (χ4n) is 1.90. The van der Waals surface area contributed by atoms with E-state index in [1.54, 1.807) is 7.11 Å². The highest BCUT2D eigenvalue weighted by Gasteiger charge is 2.06. The van der Waals surface area contributed by atoms with Crippen LogP contribution in [0, 0.1) is 0 Å². The highest BCUT2D eigenvalue weighted by Crippen LogP contribution is 2.22. The minimum absolute atomic E-state index is 0.0598. The van der Waals surface area contributed by atoms with Crippen LogP contribution < -0.4 is 16.0 Å². The summed E-state index contributed by atoms with van der Waals surface area (Å²) in [6.07, 6.45) is 1.53. The Hall–Kier alpha value is -1.81. The van der Waals surface area contributed by atoms with Crippen molar-refractivity contribution in [2.75, 3.05) is 13.7 Å². The molecule has 0 aliphatic rings. The van der Waals surface area contributed by atoms with Crippen LogP contribution in [-0.2, 0) is 6.42 Å². The van der Waals surface area contributed by atoms with Crippen LogP contribution in [0.4, 0.5) is 0 Å². The van der Waals surface area contributed by atoms with Crippen molar-refractivity contribution in [3.05, 3.63) is 40.2 Å². The fraction of sp³-hybridized carbons (Fsp3) is 0.308. The summed E-state index contributed by atoms with van der Waals surface area (Å²) in [7, 11) is 1.59. The maximum absolute atomic E-state index is 11.9. The molecule has 1 aromatic heterocycles. The molecule has 0 spiro atoms. The predicted octanol–water partition coefficient (Wildman–Crippen LogP) is 1.43. The minimum Gasteiger partial charge on any atom is -0.495 e. The average molecular weight is 232 g/mol. The molecule has 0 saturated carbocycles. The van der Waals surface area contributed by atoms with Crippen LogP contribution in [-0.4, -0.2) is 18.6 Å². The Labute approximate surface area is 99.4 Å². The number of benzene rings is 1. The zero-order chi connectivity index (χ0) is 12.3. The first kappa shape index (κ1) is 11.7. The second-order valence-corrected chi connectivity index (χ2v) is 3.94. The number of nitrogens with one attached hydrogen (secondary N) is 1. The number of pyridine rings is 1. The lowest BCUT2D eigenvalue weighted by Gasteiger charge is -2.06. The molecule has 0 saturated heterocycles. The molecule has 0 aliphatic carbocycles. The van der Waals surface area contributed by atoms with Crippen LogP contribution >= 0.6 is 0 Å². The summed E-state index contributed by atoms with van der Waals surface area (Å²) in [4.78, 5) is 14.7. The van der Waals surface area contributed by atoms with Crippen molar-refractivity contribution in [3.8, 4) is 5.75 Å². The van der Waals surface area contributed by atoms with Crippen LogP contribution in [0.25, 0.3) is 10.9 Å². The van der Waals surface area contributed by atoms with E-state index < -0.39 is 0 Å². The molecule has 0 radical (unpaired) electrons. The fourth-order valence-corrected chi connectivity index (χ4v) is 1.90. The molecule has 17 heavy (non-hydrogen) atoms. The zero-order valence-corrected chi connectivity index (χ0v) is 9.82. The summed E-state index contributed by atoms with van der Waals surface area (Å²) in [5.41, 5.74) is 6.91. The van der Waals surface area contributed by atoms with Crippen molar-refractivity contribution in [2.24, 2.45) is 5.73 Å². The van der Waals surface area contributed by atoms with E-state index in [2.05, 4.69) is 4.98 Å². The van der Waals surface area contributed by atoms with E-state index >= 15 is 0 Å². The third-order valence-electron chi connectivity index (χ3n) is 2.79. The lowest BCUT2D eigenvalue weighted by molar-refractivity contribution is 0.419. The van der Waals surface area contributed by atoms with Crippen LogP contribution in [0.3, 0.4) is 0 Å². The van der Waals surface area contributed by atoms with Crippen LogP contribution in [0.5, 0.6) is 5.75 Å². The van der Waals surface area contributed by atoms with E-state index in [0.29, 0.717) is 18.7 Å². The molecule has 2 rings (SSSR count). The summed E-state index contributed by atoms with van der Waals surface area (Å²) >= 11 is 0. The topological polar surface area (TPSA) is 68.1 Å². The van der Waals surface area contributed by atoms with E-state index in [1.807, 2.05) is 24.3 Å². The third-order valence-corrected chi connectivity index (χ3v) is 2.79. The SMILES string of the molecule is COc1cccc2cc(CCCN)c(=O)[nH]c12. The summed E-state index contributed by atoms with van der Waals surface area (Å²) in [5, 5.41) is 0.982. The molecule has 0 atom stereocenters. The van der Waals surface area contributed by atoms with Gasteiger partial charge >= 0.3 is 0 Å². The van der Waals surface area contributed by atoms with Crippen molar-refractivity contribution >= 4 is 10.9 Å². The maximum atomic E-state index is 11.9. The Morgan fingerprint density at radius 2 is 2.24 bits per heavy atom. The Morgan fingerprint density at radius 3 is 2.94 bits per heavy atom. The van der Waals surface area contributed by atoms with Crippen molar-refractivity contribution < 1.29 is 4.74 Å². The normalized spacial score (nSPS) is 10.7. The van der Waals surface area contributed by atoms with E-state index in [9.17, 15) is 4.79 Å². The molecule has 0 aliphatic heterocycles. The molecule has 2 aromatic rings. The monoisotopic (exact) mass is 232 g/mol. The number of aromatic nitrogens is 1. The van der Waals surface area contributed by atoms with E-state index in [1.165, 1.54) is 0 Å². The number of aromatic amines is 1. The Kier molecular flexibility index (Phi) is 3.44. The van der Waals surface area contributed by atoms with Gasteiger partial charge in [0.2, 0.25) is 0 Å².